The highest BCUT2D eigenvalue weighted by Crippen LogP contribution is 2.24. The Morgan fingerprint density at radius 2 is 1.96 bits per heavy atom. The Labute approximate surface area is 152 Å². The lowest BCUT2D eigenvalue weighted by Gasteiger charge is -2.23. The van der Waals surface area contributed by atoms with Crippen molar-refractivity contribution in [2.24, 2.45) is 0 Å². The van der Waals surface area contributed by atoms with Gasteiger partial charge in [0, 0.05) is 17.7 Å². The number of carbonyl (C=O) groups is 1. The van der Waals surface area contributed by atoms with Crippen LogP contribution in [0.25, 0.3) is 16.9 Å². The van der Waals surface area contributed by atoms with Gasteiger partial charge in [-0.05, 0) is 37.1 Å². The monoisotopic (exact) mass is 347 g/mol. The van der Waals surface area contributed by atoms with Gasteiger partial charge < -0.3 is 10.0 Å². The summed E-state index contributed by atoms with van der Waals surface area (Å²) >= 11 is 0. The summed E-state index contributed by atoms with van der Waals surface area (Å²) in [5.74, 6) is -0.0307. The van der Waals surface area contributed by atoms with Crippen LogP contribution in [0.1, 0.15) is 23.2 Å². The molecule has 5 heteroatoms. The van der Waals surface area contributed by atoms with Crippen LogP contribution in [-0.4, -0.2) is 44.9 Å². The van der Waals surface area contributed by atoms with Crippen LogP contribution in [-0.2, 0) is 0 Å². The van der Waals surface area contributed by atoms with Crippen LogP contribution in [0.15, 0.2) is 66.9 Å². The lowest BCUT2D eigenvalue weighted by Crippen LogP contribution is -2.37. The van der Waals surface area contributed by atoms with E-state index in [0.717, 1.165) is 29.8 Å². The molecule has 1 N–H and O–H groups in total. The average molecular weight is 347 g/mol. The summed E-state index contributed by atoms with van der Waals surface area (Å²) in [5, 5.41) is 13.9. The van der Waals surface area contributed by atoms with E-state index in [2.05, 4.69) is 5.10 Å². The van der Waals surface area contributed by atoms with Crippen LogP contribution in [0.4, 0.5) is 0 Å². The van der Waals surface area contributed by atoms with Gasteiger partial charge in [0.15, 0.2) is 0 Å². The van der Waals surface area contributed by atoms with Crippen molar-refractivity contribution in [2.75, 3.05) is 13.2 Å². The first-order valence-corrected chi connectivity index (χ1v) is 8.89. The van der Waals surface area contributed by atoms with Gasteiger partial charge >= 0.3 is 0 Å². The van der Waals surface area contributed by atoms with Crippen LogP contribution in [0.3, 0.4) is 0 Å². The van der Waals surface area contributed by atoms with Gasteiger partial charge in [-0.25, -0.2) is 4.68 Å². The molecule has 1 atom stereocenters. The highest BCUT2D eigenvalue weighted by Gasteiger charge is 2.28. The summed E-state index contributed by atoms with van der Waals surface area (Å²) in [6, 6.07) is 19.5. The zero-order valence-electron chi connectivity index (χ0n) is 14.5. The van der Waals surface area contributed by atoms with Crippen molar-refractivity contribution in [2.45, 2.75) is 18.9 Å². The average Bonchev–Trinajstić information content (AvgIpc) is 3.37. The van der Waals surface area contributed by atoms with Crippen molar-refractivity contribution in [1.29, 1.82) is 0 Å². The molecule has 0 aliphatic carbocycles. The van der Waals surface area contributed by atoms with Crippen molar-refractivity contribution in [3.8, 4) is 16.9 Å². The fourth-order valence-corrected chi connectivity index (χ4v) is 3.57. The van der Waals surface area contributed by atoms with Crippen molar-refractivity contribution in [3.05, 3.63) is 72.4 Å². The third kappa shape index (κ3) is 3.02. The van der Waals surface area contributed by atoms with Crippen molar-refractivity contribution < 1.29 is 9.90 Å². The molecule has 0 saturated carbocycles. The molecule has 2 aromatic carbocycles. The quantitative estimate of drug-likeness (QED) is 0.789. The molecule has 1 aliphatic heterocycles. The Bertz CT molecular complexity index is 904. The Morgan fingerprint density at radius 3 is 2.77 bits per heavy atom. The van der Waals surface area contributed by atoms with Crippen molar-refractivity contribution in [3.63, 3.8) is 0 Å². The molecule has 0 unspecified atom stereocenters. The summed E-state index contributed by atoms with van der Waals surface area (Å²) < 4.78 is 1.85. The molecule has 3 aromatic rings. The predicted octanol–water partition coefficient (Wildman–Crippen LogP) is 3.14. The number of amides is 1. The van der Waals surface area contributed by atoms with E-state index in [9.17, 15) is 9.90 Å². The minimum atomic E-state index is -0.0734. The topological polar surface area (TPSA) is 58.4 Å². The second-order valence-electron chi connectivity index (χ2n) is 6.52. The maximum atomic E-state index is 12.9. The summed E-state index contributed by atoms with van der Waals surface area (Å²) in [5.41, 5.74) is 3.52. The molecule has 132 valence electrons. The molecule has 2 heterocycles. The van der Waals surface area contributed by atoms with Gasteiger partial charge in [-0.2, -0.15) is 5.10 Å². The Hall–Kier alpha value is -2.92. The molecule has 0 spiro atoms. The normalized spacial score (nSPS) is 16.8. The van der Waals surface area contributed by atoms with E-state index in [4.69, 9.17) is 0 Å². The molecule has 1 aliphatic rings. The van der Waals surface area contributed by atoms with Gasteiger partial charge in [-0.1, -0.05) is 36.4 Å². The molecule has 0 bridgehead atoms. The molecule has 0 radical (unpaired) electrons. The Kier molecular flexibility index (Phi) is 4.54. The summed E-state index contributed by atoms with van der Waals surface area (Å²) in [4.78, 5) is 14.7. The van der Waals surface area contributed by atoms with Gasteiger partial charge in [-0.15, -0.1) is 0 Å². The molecule has 1 amide bonds. The number of benzene rings is 2. The van der Waals surface area contributed by atoms with Gasteiger partial charge in [0.1, 0.15) is 0 Å². The molecule has 26 heavy (non-hydrogen) atoms. The number of nitrogens with zero attached hydrogens (tertiary/aromatic N) is 3. The Balaban J connectivity index is 1.67. The second-order valence-corrected chi connectivity index (χ2v) is 6.52. The van der Waals surface area contributed by atoms with E-state index in [0.29, 0.717) is 12.1 Å². The predicted molar refractivity (Wildman–Crippen MR) is 100 cm³/mol. The molecule has 4 rings (SSSR count). The smallest absolute Gasteiger partial charge is 0.254 e. The highest BCUT2D eigenvalue weighted by atomic mass is 16.3. The van der Waals surface area contributed by atoms with Gasteiger partial charge in [0.05, 0.1) is 30.2 Å². The van der Waals surface area contributed by atoms with E-state index in [-0.39, 0.29) is 18.6 Å². The van der Waals surface area contributed by atoms with E-state index >= 15 is 0 Å². The fraction of sp³-hybridized carbons (Fsp3) is 0.238. The van der Waals surface area contributed by atoms with E-state index < -0.39 is 0 Å². The van der Waals surface area contributed by atoms with Gasteiger partial charge in [0.2, 0.25) is 0 Å². The first-order valence-electron chi connectivity index (χ1n) is 8.89. The van der Waals surface area contributed by atoms with E-state index in [1.165, 1.54) is 0 Å². The third-order valence-corrected chi connectivity index (χ3v) is 4.90. The van der Waals surface area contributed by atoms with Gasteiger partial charge in [-0.3, -0.25) is 4.79 Å². The molecule has 1 fully saturated rings. The zero-order valence-corrected chi connectivity index (χ0v) is 14.5. The number of rotatable bonds is 4. The van der Waals surface area contributed by atoms with E-state index in [1.807, 2.05) is 65.3 Å². The second kappa shape index (κ2) is 7.14. The number of carbonyl (C=O) groups excluding carboxylic acids is 1. The fourth-order valence-electron chi connectivity index (χ4n) is 3.57. The lowest BCUT2D eigenvalue weighted by molar-refractivity contribution is 0.0677. The van der Waals surface area contributed by atoms with Crippen molar-refractivity contribution in [1.82, 2.24) is 14.7 Å². The molecule has 1 saturated heterocycles. The summed E-state index contributed by atoms with van der Waals surface area (Å²) in [6.07, 6.45) is 3.56. The third-order valence-electron chi connectivity index (χ3n) is 4.90. The number of hydrogen-bond acceptors (Lipinski definition) is 3. The minimum absolute atomic E-state index is 0.0166. The Morgan fingerprint density at radius 1 is 1.12 bits per heavy atom. The van der Waals surface area contributed by atoms with Gasteiger partial charge in [0.25, 0.3) is 5.91 Å². The number of aliphatic hydroxyl groups excluding tert-OH is 1. The molecular weight excluding hydrogens is 326 g/mol. The van der Waals surface area contributed by atoms with E-state index in [1.54, 1.807) is 11.1 Å². The van der Waals surface area contributed by atoms with Crippen molar-refractivity contribution >= 4 is 5.91 Å². The number of likely N-dealkylation sites (tertiary alicyclic amines) is 1. The van der Waals surface area contributed by atoms with Crippen LogP contribution < -0.4 is 0 Å². The molecule has 5 nitrogen and oxygen atoms in total. The van der Waals surface area contributed by atoms with Crippen LogP contribution in [0.2, 0.25) is 0 Å². The summed E-state index contributed by atoms with van der Waals surface area (Å²) in [7, 11) is 0. The van der Waals surface area contributed by atoms with Crippen LogP contribution in [0.5, 0.6) is 0 Å². The first-order chi connectivity index (χ1) is 12.8. The summed E-state index contributed by atoms with van der Waals surface area (Å²) in [6.45, 7) is 0.716. The van der Waals surface area contributed by atoms with Crippen LogP contribution in [0, 0.1) is 0 Å². The minimum Gasteiger partial charge on any atom is -0.394 e. The zero-order chi connectivity index (χ0) is 17.9. The number of hydrogen-bond donors (Lipinski definition) is 1. The first kappa shape index (κ1) is 16.5. The number of aliphatic hydroxyl groups is 1. The SMILES string of the molecule is O=C(c1cccc(-n2nccc2-c2ccccc2)c1)N1CCC[C@@H]1CO. The largest absolute Gasteiger partial charge is 0.394 e. The molecule has 1 aromatic heterocycles. The highest BCUT2D eigenvalue weighted by molar-refractivity contribution is 5.95. The van der Waals surface area contributed by atoms with Crippen LogP contribution >= 0.6 is 0 Å². The standard InChI is InChI=1S/C21H21N3O2/c25-15-19-10-5-13-23(19)21(26)17-8-4-9-18(14-17)24-20(11-12-22-24)16-6-2-1-3-7-16/h1-4,6-9,11-12,14,19,25H,5,10,13,15H2/t19-/m1/s1. The molecular formula is C21H21N3O2. The maximum Gasteiger partial charge on any atom is 0.254 e. The number of aromatic nitrogens is 2. The maximum absolute atomic E-state index is 12.9. The lowest BCUT2D eigenvalue weighted by atomic mass is 10.1.